The number of thiazole rings is 1. The lowest BCUT2D eigenvalue weighted by atomic mass is 10.3. The van der Waals surface area contributed by atoms with Gasteiger partial charge in [0.25, 0.3) is 5.91 Å². The Morgan fingerprint density at radius 1 is 1.17 bits per heavy atom. The van der Waals surface area contributed by atoms with E-state index >= 15 is 0 Å². The van der Waals surface area contributed by atoms with Crippen LogP contribution in [-0.4, -0.2) is 30.4 Å². The molecule has 1 unspecified atom stereocenters. The molecule has 29 heavy (non-hydrogen) atoms. The van der Waals surface area contributed by atoms with Crippen molar-refractivity contribution in [2.45, 2.75) is 13.5 Å². The number of carbonyl (C=O) groups excluding carboxylic acids is 2. The van der Waals surface area contributed by atoms with Crippen molar-refractivity contribution in [3.8, 4) is 0 Å². The van der Waals surface area contributed by atoms with Crippen LogP contribution in [0.3, 0.4) is 0 Å². The van der Waals surface area contributed by atoms with Gasteiger partial charge in [0.2, 0.25) is 5.91 Å². The molecule has 2 aromatic carbocycles. The van der Waals surface area contributed by atoms with Crippen molar-refractivity contribution in [3.05, 3.63) is 71.5 Å². The number of benzene rings is 2. The average Bonchev–Trinajstić information content (AvgIpc) is 3.09. The zero-order valence-electron chi connectivity index (χ0n) is 16.2. The van der Waals surface area contributed by atoms with E-state index in [1.807, 2.05) is 42.8 Å². The van der Waals surface area contributed by atoms with E-state index in [0.717, 1.165) is 16.3 Å². The fourth-order valence-electron chi connectivity index (χ4n) is 2.90. The number of nitrogens with one attached hydrogen (secondary N) is 2. The Hall–Kier alpha value is -3.10. The van der Waals surface area contributed by atoms with Gasteiger partial charge in [-0.1, -0.05) is 24.3 Å². The third-order valence-electron chi connectivity index (χ3n) is 4.11. The molecule has 0 fully saturated rings. The Morgan fingerprint density at radius 2 is 1.93 bits per heavy atom. The molecule has 6 nitrogen and oxygen atoms in total. The summed E-state index contributed by atoms with van der Waals surface area (Å²) in [6.45, 7) is 2.23. The van der Waals surface area contributed by atoms with Gasteiger partial charge in [0.1, 0.15) is 18.1 Å². The number of nitrogens with zero attached hydrogens (tertiary/aromatic N) is 2. The van der Waals surface area contributed by atoms with Gasteiger partial charge in [0.15, 0.2) is 11.7 Å². The standard InChI is InChI=1S/C21H21FN4O2S/c1-15(27)26(19-9-4-3-5-10-19)21-24-18(14-29-21)12-25(2)13-20(28)23-17-8-6-7-16(22)11-17/h3-11,14H,12-13H2,1-2H3,(H,23,28)/p+1. The third-order valence-corrected chi connectivity index (χ3v) is 4.99. The number of halogens is 1. The number of rotatable bonds is 7. The predicted octanol–water partition coefficient (Wildman–Crippen LogP) is 2.62. The highest BCUT2D eigenvalue weighted by Gasteiger charge is 2.19. The lowest BCUT2D eigenvalue weighted by Gasteiger charge is -2.17. The minimum Gasteiger partial charge on any atom is -0.325 e. The summed E-state index contributed by atoms with van der Waals surface area (Å²) >= 11 is 1.38. The van der Waals surface area contributed by atoms with Crippen LogP contribution in [0.5, 0.6) is 0 Å². The van der Waals surface area contributed by atoms with E-state index in [9.17, 15) is 14.0 Å². The van der Waals surface area contributed by atoms with E-state index in [4.69, 9.17) is 0 Å². The van der Waals surface area contributed by atoms with Gasteiger partial charge in [-0.3, -0.25) is 14.5 Å². The van der Waals surface area contributed by atoms with E-state index < -0.39 is 5.82 Å². The van der Waals surface area contributed by atoms with Gasteiger partial charge in [0, 0.05) is 18.0 Å². The maximum atomic E-state index is 13.2. The molecule has 0 aliphatic heterocycles. The number of anilines is 3. The van der Waals surface area contributed by atoms with Crippen molar-refractivity contribution in [1.29, 1.82) is 0 Å². The average molecular weight is 413 g/mol. The van der Waals surface area contributed by atoms with E-state index in [-0.39, 0.29) is 18.4 Å². The molecule has 2 amide bonds. The van der Waals surface area contributed by atoms with Crippen LogP contribution in [0.15, 0.2) is 60.0 Å². The van der Waals surface area contributed by atoms with Crippen LogP contribution in [0.4, 0.5) is 20.9 Å². The van der Waals surface area contributed by atoms with Crippen molar-refractivity contribution in [1.82, 2.24) is 4.98 Å². The van der Waals surface area contributed by atoms with E-state index in [1.54, 1.807) is 17.0 Å². The van der Waals surface area contributed by atoms with E-state index in [2.05, 4.69) is 10.3 Å². The maximum absolute atomic E-state index is 13.2. The summed E-state index contributed by atoms with van der Waals surface area (Å²) in [5, 5.41) is 5.17. The highest BCUT2D eigenvalue weighted by atomic mass is 32.1. The summed E-state index contributed by atoms with van der Waals surface area (Å²) in [4.78, 5) is 31.4. The molecule has 1 atom stereocenters. The lowest BCUT2D eigenvalue weighted by Crippen LogP contribution is -3.08. The van der Waals surface area contributed by atoms with Crippen molar-refractivity contribution in [2.24, 2.45) is 0 Å². The summed E-state index contributed by atoms with van der Waals surface area (Å²) in [6.07, 6.45) is 0. The van der Waals surface area contributed by atoms with Crippen LogP contribution in [0.1, 0.15) is 12.6 Å². The first-order valence-electron chi connectivity index (χ1n) is 9.09. The number of hydrogen-bond donors (Lipinski definition) is 2. The van der Waals surface area contributed by atoms with Gasteiger partial charge in [-0.25, -0.2) is 9.37 Å². The molecule has 0 radical (unpaired) electrons. The molecule has 0 spiro atoms. The lowest BCUT2D eigenvalue weighted by molar-refractivity contribution is -0.885. The van der Waals surface area contributed by atoms with Gasteiger partial charge >= 0.3 is 0 Å². The second-order valence-electron chi connectivity index (χ2n) is 6.68. The third kappa shape index (κ3) is 5.69. The van der Waals surface area contributed by atoms with Crippen molar-refractivity contribution in [2.75, 3.05) is 23.8 Å². The highest BCUT2D eigenvalue weighted by Crippen LogP contribution is 2.28. The molecule has 1 heterocycles. The molecule has 8 heteroatoms. The first-order chi connectivity index (χ1) is 13.9. The maximum Gasteiger partial charge on any atom is 0.279 e. The van der Waals surface area contributed by atoms with Gasteiger partial charge in [0.05, 0.1) is 12.7 Å². The van der Waals surface area contributed by atoms with Crippen molar-refractivity contribution >= 4 is 39.7 Å². The second kappa shape index (κ2) is 9.40. The summed E-state index contributed by atoms with van der Waals surface area (Å²) in [5.41, 5.74) is 1.98. The largest absolute Gasteiger partial charge is 0.325 e. The summed E-state index contributed by atoms with van der Waals surface area (Å²) < 4.78 is 13.2. The number of quaternary nitrogens is 1. The molecule has 150 valence electrons. The second-order valence-corrected chi connectivity index (χ2v) is 7.52. The van der Waals surface area contributed by atoms with Crippen LogP contribution in [0.25, 0.3) is 0 Å². The number of aromatic nitrogens is 1. The number of carbonyl (C=O) groups is 2. The zero-order valence-corrected chi connectivity index (χ0v) is 17.0. The quantitative estimate of drug-likeness (QED) is 0.626. The Kier molecular flexibility index (Phi) is 6.69. The molecular formula is C21H22FN4O2S+. The van der Waals surface area contributed by atoms with Crippen molar-refractivity contribution < 1.29 is 18.9 Å². The summed E-state index contributed by atoms with van der Waals surface area (Å²) in [6, 6.07) is 15.1. The van der Waals surface area contributed by atoms with Gasteiger partial charge in [-0.05, 0) is 30.3 Å². The van der Waals surface area contributed by atoms with Gasteiger partial charge in [-0.2, -0.15) is 0 Å². The normalized spacial score (nSPS) is 11.7. The Balaban J connectivity index is 1.61. The van der Waals surface area contributed by atoms with Crippen LogP contribution in [0, 0.1) is 5.82 Å². The van der Waals surface area contributed by atoms with Crippen LogP contribution in [0.2, 0.25) is 0 Å². The summed E-state index contributed by atoms with van der Waals surface area (Å²) in [7, 11) is 1.88. The Labute approximate surface area is 172 Å². The summed E-state index contributed by atoms with van der Waals surface area (Å²) in [5.74, 6) is -0.725. The number of amides is 2. The van der Waals surface area contributed by atoms with E-state index in [0.29, 0.717) is 17.4 Å². The topological polar surface area (TPSA) is 66.7 Å². The van der Waals surface area contributed by atoms with Crippen LogP contribution >= 0.6 is 11.3 Å². The van der Waals surface area contributed by atoms with Gasteiger partial charge in [-0.15, -0.1) is 11.3 Å². The molecule has 0 aliphatic rings. The Morgan fingerprint density at radius 3 is 2.62 bits per heavy atom. The predicted molar refractivity (Wildman–Crippen MR) is 112 cm³/mol. The molecule has 3 rings (SSSR count). The van der Waals surface area contributed by atoms with Gasteiger partial charge < -0.3 is 10.2 Å². The fraction of sp³-hybridized carbons (Fsp3) is 0.190. The molecule has 0 saturated heterocycles. The minimum atomic E-state index is -0.396. The number of para-hydroxylation sites is 1. The number of hydrogen-bond acceptors (Lipinski definition) is 4. The first-order valence-corrected chi connectivity index (χ1v) is 9.97. The SMILES string of the molecule is CC(=O)N(c1ccccc1)c1nc(C[NH+](C)CC(=O)Nc2cccc(F)c2)cs1. The molecule has 0 aliphatic carbocycles. The molecule has 0 saturated carbocycles. The zero-order chi connectivity index (χ0) is 20.8. The minimum absolute atomic E-state index is 0.118. The Bertz CT molecular complexity index is 993. The fourth-order valence-corrected chi connectivity index (χ4v) is 3.79. The van der Waals surface area contributed by atoms with Crippen LogP contribution in [-0.2, 0) is 16.1 Å². The molecule has 0 bridgehead atoms. The van der Waals surface area contributed by atoms with Crippen molar-refractivity contribution in [3.63, 3.8) is 0 Å². The molecular weight excluding hydrogens is 391 g/mol. The molecule has 2 N–H and O–H groups in total. The van der Waals surface area contributed by atoms with E-state index in [1.165, 1.54) is 30.4 Å². The molecule has 3 aromatic rings. The monoisotopic (exact) mass is 413 g/mol. The molecule has 1 aromatic heterocycles. The van der Waals surface area contributed by atoms with Crippen LogP contribution < -0.4 is 15.1 Å². The highest BCUT2D eigenvalue weighted by molar-refractivity contribution is 7.14. The smallest absolute Gasteiger partial charge is 0.279 e. The first kappa shape index (κ1) is 20.6. The number of likely N-dealkylation sites (N-methyl/N-ethyl adjacent to an activating group) is 1.